The zero-order valence-corrected chi connectivity index (χ0v) is 26.2. The molecule has 2 aliphatic heterocycles. The van der Waals surface area contributed by atoms with Crippen molar-refractivity contribution in [2.45, 2.75) is 51.2 Å². The Morgan fingerprint density at radius 2 is 1.80 bits per heavy atom. The Kier molecular flexibility index (Phi) is 9.94. The molecule has 0 bridgehead atoms. The molecule has 236 valence electrons. The van der Waals surface area contributed by atoms with Gasteiger partial charge in [-0.05, 0) is 82.4 Å². The SMILES string of the molecule is COc1cc2c(Oc3ccc(C)cc3C(=O)c3ccccc3)ccnc2cc1OCC(O)CN1CCCCC1C1CCNCC1. The Morgan fingerprint density at radius 1 is 0.978 bits per heavy atom. The van der Waals surface area contributed by atoms with E-state index in [-0.39, 0.29) is 12.4 Å². The van der Waals surface area contributed by atoms with Gasteiger partial charge in [0.2, 0.25) is 0 Å². The van der Waals surface area contributed by atoms with Gasteiger partial charge in [0, 0.05) is 35.8 Å². The maximum absolute atomic E-state index is 13.4. The fourth-order valence-electron chi connectivity index (χ4n) is 6.78. The van der Waals surface area contributed by atoms with Crippen LogP contribution in [-0.4, -0.2) is 72.8 Å². The minimum Gasteiger partial charge on any atom is -0.493 e. The predicted octanol–water partition coefficient (Wildman–Crippen LogP) is 6.17. The van der Waals surface area contributed by atoms with Crippen molar-refractivity contribution in [1.29, 1.82) is 0 Å². The van der Waals surface area contributed by atoms with Crippen LogP contribution >= 0.6 is 0 Å². The van der Waals surface area contributed by atoms with Crippen molar-refractivity contribution in [3.05, 3.63) is 89.6 Å². The maximum atomic E-state index is 13.4. The summed E-state index contributed by atoms with van der Waals surface area (Å²) < 4.78 is 18.3. The van der Waals surface area contributed by atoms with Crippen molar-refractivity contribution in [2.24, 2.45) is 5.92 Å². The molecule has 0 radical (unpaired) electrons. The van der Waals surface area contributed by atoms with Crippen LogP contribution in [0.5, 0.6) is 23.0 Å². The van der Waals surface area contributed by atoms with E-state index in [0.717, 1.165) is 30.6 Å². The fraction of sp³-hybridized carbons (Fsp3) is 0.405. The number of nitrogens with zero attached hydrogens (tertiary/aromatic N) is 2. The number of ether oxygens (including phenoxy) is 3. The van der Waals surface area contributed by atoms with Crippen LogP contribution in [0.25, 0.3) is 10.9 Å². The highest BCUT2D eigenvalue weighted by Gasteiger charge is 2.32. The number of hydrogen-bond donors (Lipinski definition) is 2. The third-order valence-corrected chi connectivity index (χ3v) is 9.09. The average Bonchev–Trinajstić information content (AvgIpc) is 3.08. The molecule has 2 saturated heterocycles. The summed E-state index contributed by atoms with van der Waals surface area (Å²) in [6.07, 6.45) is 7.10. The minimum atomic E-state index is -0.627. The Balaban J connectivity index is 1.18. The van der Waals surface area contributed by atoms with Crippen LogP contribution in [-0.2, 0) is 0 Å². The van der Waals surface area contributed by atoms with Gasteiger partial charge in [0.15, 0.2) is 17.3 Å². The van der Waals surface area contributed by atoms with Gasteiger partial charge < -0.3 is 24.6 Å². The van der Waals surface area contributed by atoms with Gasteiger partial charge >= 0.3 is 0 Å². The van der Waals surface area contributed by atoms with E-state index in [9.17, 15) is 9.90 Å². The Bertz CT molecular complexity index is 1600. The van der Waals surface area contributed by atoms with Gasteiger partial charge in [0.25, 0.3) is 0 Å². The van der Waals surface area contributed by atoms with E-state index < -0.39 is 6.10 Å². The number of rotatable bonds is 11. The molecule has 2 unspecified atom stereocenters. The molecule has 8 nitrogen and oxygen atoms in total. The van der Waals surface area contributed by atoms with Crippen molar-refractivity contribution in [1.82, 2.24) is 15.2 Å². The highest BCUT2D eigenvalue weighted by molar-refractivity contribution is 6.11. The summed E-state index contributed by atoms with van der Waals surface area (Å²) in [5.74, 6) is 2.62. The largest absolute Gasteiger partial charge is 0.493 e. The molecule has 2 N–H and O–H groups in total. The number of nitrogens with one attached hydrogen (secondary N) is 1. The lowest BCUT2D eigenvalue weighted by Crippen LogP contribution is -2.50. The normalized spacial score (nSPS) is 18.4. The molecule has 6 rings (SSSR count). The number of aromatic nitrogens is 1. The number of hydrogen-bond acceptors (Lipinski definition) is 8. The predicted molar refractivity (Wildman–Crippen MR) is 176 cm³/mol. The Morgan fingerprint density at radius 3 is 2.60 bits per heavy atom. The first-order valence-electron chi connectivity index (χ1n) is 16.1. The third kappa shape index (κ3) is 7.30. The molecule has 45 heavy (non-hydrogen) atoms. The zero-order valence-electron chi connectivity index (χ0n) is 26.2. The molecule has 0 spiro atoms. The average molecular weight is 610 g/mol. The maximum Gasteiger partial charge on any atom is 0.196 e. The molecule has 0 amide bonds. The van der Waals surface area contributed by atoms with Gasteiger partial charge in [-0.25, -0.2) is 0 Å². The van der Waals surface area contributed by atoms with Crippen LogP contribution in [0.4, 0.5) is 0 Å². The van der Waals surface area contributed by atoms with Crippen LogP contribution in [0.15, 0.2) is 72.9 Å². The first kappa shape index (κ1) is 31.0. The van der Waals surface area contributed by atoms with Gasteiger partial charge in [0.1, 0.15) is 24.2 Å². The van der Waals surface area contributed by atoms with E-state index in [0.29, 0.717) is 58.1 Å². The van der Waals surface area contributed by atoms with Crippen LogP contribution < -0.4 is 19.5 Å². The van der Waals surface area contributed by atoms with Crippen molar-refractivity contribution in [2.75, 3.05) is 39.9 Å². The van der Waals surface area contributed by atoms with E-state index in [1.54, 1.807) is 31.5 Å². The highest BCUT2D eigenvalue weighted by Crippen LogP contribution is 2.38. The van der Waals surface area contributed by atoms with Gasteiger partial charge in [-0.3, -0.25) is 14.7 Å². The van der Waals surface area contributed by atoms with Gasteiger partial charge in [-0.15, -0.1) is 0 Å². The summed E-state index contributed by atoms with van der Waals surface area (Å²) in [5, 5.41) is 15.3. The van der Waals surface area contributed by atoms with E-state index in [2.05, 4.69) is 15.2 Å². The monoisotopic (exact) mass is 609 g/mol. The molecule has 0 saturated carbocycles. The number of fused-ring (bicyclic) bond motifs is 1. The first-order valence-corrected chi connectivity index (χ1v) is 16.1. The standard InChI is InChI=1S/C37H43N3O5/c1-25-11-12-33(30(20-25)37(42)27-8-4-3-5-9-27)45-34-15-18-39-31-22-36(35(43-2)21-29(31)34)44-24-28(41)23-40-19-7-6-10-32(40)26-13-16-38-17-14-26/h3-5,8-9,11-12,15,18,20-22,26,28,32,38,41H,6-7,10,13-14,16-17,19,23-24H2,1-2H3. The Labute approximate surface area is 265 Å². The van der Waals surface area contributed by atoms with E-state index >= 15 is 0 Å². The molecular weight excluding hydrogens is 566 g/mol. The lowest BCUT2D eigenvalue weighted by atomic mass is 9.84. The number of benzene rings is 3. The second-order valence-corrected chi connectivity index (χ2v) is 12.2. The summed E-state index contributed by atoms with van der Waals surface area (Å²) in [5.41, 5.74) is 2.71. The lowest BCUT2D eigenvalue weighted by molar-refractivity contribution is 0.0177. The molecule has 2 aliphatic rings. The quantitative estimate of drug-likeness (QED) is 0.195. The van der Waals surface area contributed by atoms with Crippen LogP contribution in [0, 0.1) is 12.8 Å². The first-order chi connectivity index (χ1) is 22.0. The number of methoxy groups -OCH3 is 1. The molecule has 2 atom stereocenters. The molecule has 3 aromatic carbocycles. The number of ketones is 1. The van der Waals surface area contributed by atoms with Crippen molar-refractivity contribution in [3.63, 3.8) is 0 Å². The number of pyridine rings is 1. The number of carbonyl (C=O) groups excluding carboxylic acids is 1. The van der Waals surface area contributed by atoms with Crippen molar-refractivity contribution >= 4 is 16.7 Å². The topological polar surface area (TPSA) is 93.2 Å². The molecular formula is C37H43N3O5. The van der Waals surface area contributed by atoms with E-state index in [1.165, 1.54) is 32.1 Å². The summed E-state index contributed by atoms with van der Waals surface area (Å²) in [4.78, 5) is 20.5. The smallest absolute Gasteiger partial charge is 0.196 e. The van der Waals surface area contributed by atoms with Crippen molar-refractivity contribution < 1.29 is 24.1 Å². The lowest BCUT2D eigenvalue weighted by Gasteiger charge is -2.42. The number of piperidine rings is 2. The number of likely N-dealkylation sites (tertiary alicyclic amines) is 1. The molecule has 0 aliphatic carbocycles. The van der Waals surface area contributed by atoms with Crippen LogP contribution in [0.2, 0.25) is 0 Å². The number of aliphatic hydroxyl groups is 1. The number of aryl methyl sites for hydroxylation is 1. The molecule has 3 heterocycles. The number of aliphatic hydroxyl groups excluding tert-OH is 1. The summed E-state index contributed by atoms with van der Waals surface area (Å²) >= 11 is 0. The molecule has 4 aromatic rings. The zero-order chi connectivity index (χ0) is 31.2. The molecule has 8 heteroatoms. The van der Waals surface area contributed by atoms with Crippen LogP contribution in [0.1, 0.15) is 53.6 Å². The van der Waals surface area contributed by atoms with Crippen molar-refractivity contribution in [3.8, 4) is 23.0 Å². The number of β-amino-alcohol motifs (C(OH)–C–C–N with tert-alkyl or cyclic N) is 1. The van der Waals surface area contributed by atoms with Gasteiger partial charge in [-0.2, -0.15) is 0 Å². The van der Waals surface area contributed by atoms with E-state index in [1.807, 2.05) is 55.5 Å². The highest BCUT2D eigenvalue weighted by atomic mass is 16.5. The second kappa shape index (κ2) is 14.4. The molecule has 2 fully saturated rings. The third-order valence-electron chi connectivity index (χ3n) is 9.09. The van der Waals surface area contributed by atoms with Crippen LogP contribution in [0.3, 0.4) is 0 Å². The summed E-state index contributed by atoms with van der Waals surface area (Å²) in [6, 6.07) is 20.8. The van der Waals surface area contributed by atoms with Gasteiger partial charge in [0.05, 0.1) is 18.2 Å². The summed E-state index contributed by atoms with van der Waals surface area (Å²) in [6.45, 7) is 5.90. The second-order valence-electron chi connectivity index (χ2n) is 12.2. The fourth-order valence-corrected chi connectivity index (χ4v) is 6.78. The summed E-state index contributed by atoms with van der Waals surface area (Å²) in [7, 11) is 1.59. The van der Waals surface area contributed by atoms with Gasteiger partial charge in [-0.1, -0.05) is 48.4 Å². The minimum absolute atomic E-state index is 0.105. The molecule has 1 aromatic heterocycles. The number of carbonyl (C=O) groups is 1. The Hall–Kier alpha value is -3.98. The van der Waals surface area contributed by atoms with E-state index in [4.69, 9.17) is 14.2 Å².